The van der Waals surface area contributed by atoms with E-state index in [4.69, 9.17) is 0 Å². The first-order chi connectivity index (χ1) is 11.9. The summed E-state index contributed by atoms with van der Waals surface area (Å²) < 4.78 is 14.2. The monoisotopic (exact) mass is 342 g/mol. The third-order valence-corrected chi connectivity index (χ3v) is 4.54. The summed E-state index contributed by atoms with van der Waals surface area (Å²) in [6.07, 6.45) is 1.67. The molecule has 1 fully saturated rings. The van der Waals surface area contributed by atoms with Crippen LogP contribution in [0.4, 0.5) is 10.1 Å². The van der Waals surface area contributed by atoms with Crippen molar-refractivity contribution >= 4 is 11.6 Å². The fraction of sp³-hybridized carbons (Fsp3) is 0.316. The lowest BCUT2D eigenvalue weighted by Gasteiger charge is -2.26. The molecule has 0 N–H and O–H groups in total. The Kier molecular flexibility index (Phi) is 4.53. The summed E-state index contributed by atoms with van der Waals surface area (Å²) in [5.41, 5.74) is 2.81. The molecule has 1 aliphatic heterocycles. The van der Waals surface area contributed by atoms with Gasteiger partial charge >= 0.3 is 0 Å². The number of carbonyl (C=O) groups is 1. The molecule has 0 aromatic heterocycles. The van der Waals surface area contributed by atoms with E-state index < -0.39 is 16.6 Å². The van der Waals surface area contributed by atoms with Gasteiger partial charge in [-0.15, -0.1) is 0 Å². The van der Waals surface area contributed by atoms with Crippen LogP contribution in [-0.2, 0) is 0 Å². The standard InChI is InChI=1S/C19H19FN2O3/c1-12-8-13(2)10-14(9-12)18-4-3-7-21(18)19(23)16-6-5-15(22(24)25)11-17(16)20/h5-6,8-11,18H,3-4,7H2,1-2H3. The molecular weight excluding hydrogens is 323 g/mol. The predicted molar refractivity (Wildman–Crippen MR) is 92.0 cm³/mol. The summed E-state index contributed by atoms with van der Waals surface area (Å²) in [6.45, 7) is 4.56. The highest BCUT2D eigenvalue weighted by Gasteiger charge is 2.32. The first kappa shape index (κ1) is 17.1. The first-order valence-corrected chi connectivity index (χ1v) is 8.20. The molecule has 1 aliphatic rings. The average Bonchev–Trinajstić information content (AvgIpc) is 3.02. The second-order valence-corrected chi connectivity index (χ2v) is 6.50. The zero-order chi connectivity index (χ0) is 18.1. The Balaban J connectivity index is 1.92. The SMILES string of the molecule is Cc1cc(C)cc(C2CCCN2C(=O)c2ccc([N+](=O)[O-])cc2F)c1. The van der Waals surface area contributed by atoms with Gasteiger partial charge in [0, 0.05) is 12.6 Å². The maximum Gasteiger partial charge on any atom is 0.272 e. The molecule has 1 saturated heterocycles. The summed E-state index contributed by atoms with van der Waals surface area (Å²) in [7, 11) is 0. The van der Waals surface area contributed by atoms with Gasteiger partial charge in [0.25, 0.3) is 11.6 Å². The predicted octanol–water partition coefficient (Wildman–Crippen LogP) is 4.33. The Morgan fingerprint density at radius 2 is 1.88 bits per heavy atom. The third kappa shape index (κ3) is 3.38. The van der Waals surface area contributed by atoms with Crippen molar-refractivity contribution in [1.29, 1.82) is 0 Å². The molecule has 5 nitrogen and oxygen atoms in total. The second kappa shape index (κ2) is 6.63. The minimum atomic E-state index is -0.856. The highest BCUT2D eigenvalue weighted by molar-refractivity contribution is 5.95. The summed E-state index contributed by atoms with van der Waals surface area (Å²) in [6, 6.07) is 9.24. The van der Waals surface area contributed by atoms with Gasteiger partial charge in [0.2, 0.25) is 0 Å². The Morgan fingerprint density at radius 1 is 1.20 bits per heavy atom. The number of hydrogen-bond donors (Lipinski definition) is 0. The summed E-state index contributed by atoms with van der Waals surface area (Å²) in [5.74, 6) is -1.28. The number of nitro benzene ring substituents is 1. The van der Waals surface area contributed by atoms with E-state index >= 15 is 0 Å². The molecule has 0 radical (unpaired) electrons. The second-order valence-electron chi connectivity index (χ2n) is 6.50. The van der Waals surface area contributed by atoms with Crippen LogP contribution in [0.2, 0.25) is 0 Å². The fourth-order valence-corrected chi connectivity index (χ4v) is 3.50. The van der Waals surface area contributed by atoms with Gasteiger partial charge < -0.3 is 4.90 Å². The normalized spacial score (nSPS) is 16.9. The summed E-state index contributed by atoms with van der Waals surface area (Å²) in [5, 5.41) is 10.7. The number of likely N-dealkylation sites (tertiary alicyclic amines) is 1. The van der Waals surface area contributed by atoms with E-state index in [0.29, 0.717) is 6.54 Å². The van der Waals surface area contributed by atoms with E-state index in [2.05, 4.69) is 18.2 Å². The van der Waals surface area contributed by atoms with E-state index in [1.807, 2.05) is 13.8 Å². The fourth-order valence-electron chi connectivity index (χ4n) is 3.50. The molecule has 1 amide bonds. The number of aryl methyl sites for hydroxylation is 2. The Morgan fingerprint density at radius 3 is 2.48 bits per heavy atom. The van der Waals surface area contributed by atoms with Crippen LogP contribution in [0.1, 0.15) is 45.9 Å². The van der Waals surface area contributed by atoms with Crippen molar-refractivity contribution in [2.45, 2.75) is 32.7 Å². The van der Waals surface area contributed by atoms with Gasteiger partial charge in [0.15, 0.2) is 0 Å². The Bertz CT molecular complexity index is 830. The molecule has 0 bridgehead atoms. The molecule has 0 saturated carbocycles. The van der Waals surface area contributed by atoms with Crippen LogP contribution in [0.25, 0.3) is 0 Å². The number of nitrogens with zero attached hydrogens (tertiary/aromatic N) is 2. The van der Waals surface area contributed by atoms with Crippen molar-refractivity contribution in [3.05, 3.63) is 74.6 Å². The molecular formula is C19H19FN2O3. The number of rotatable bonds is 3. The van der Waals surface area contributed by atoms with Crippen molar-refractivity contribution < 1.29 is 14.1 Å². The maximum atomic E-state index is 14.2. The highest BCUT2D eigenvalue weighted by atomic mass is 19.1. The van der Waals surface area contributed by atoms with Crippen LogP contribution in [0.15, 0.2) is 36.4 Å². The molecule has 1 unspecified atom stereocenters. The number of hydrogen-bond acceptors (Lipinski definition) is 3. The van der Waals surface area contributed by atoms with Crippen LogP contribution < -0.4 is 0 Å². The van der Waals surface area contributed by atoms with Crippen LogP contribution in [0, 0.1) is 29.8 Å². The van der Waals surface area contributed by atoms with Crippen LogP contribution in [0.5, 0.6) is 0 Å². The average molecular weight is 342 g/mol. The van der Waals surface area contributed by atoms with E-state index in [1.54, 1.807) is 4.90 Å². The van der Waals surface area contributed by atoms with Crippen molar-refractivity contribution in [3.8, 4) is 0 Å². The third-order valence-electron chi connectivity index (χ3n) is 4.54. The van der Waals surface area contributed by atoms with Crippen LogP contribution in [0.3, 0.4) is 0 Å². The molecule has 25 heavy (non-hydrogen) atoms. The molecule has 1 atom stereocenters. The van der Waals surface area contributed by atoms with Gasteiger partial charge in [0.1, 0.15) is 5.82 Å². The van der Waals surface area contributed by atoms with Crippen molar-refractivity contribution in [1.82, 2.24) is 4.90 Å². The van der Waals surface area contributed by atoms with Crippen molar-refractivity contribution in [3.63, 3.8) is 0 Å². The molecule has 1 heterocycles. The quantitative estimate of drug-likeness (QED) is 0.616. The molecule has 2 aromatic carbocycles. The lowest BCUT2D eigenvalue weighted by molar-refractivity contribution is -0.385. The first-order valence-electron chi connectivity index (χ1n) is 8.20. The zero-order valence-electron chi connectivity index (χ0n) is 14.2. The van der Waals surface area contributed by atoms with Gasteiger partial charge in [-0.1, -0.05) is 29.3 Å². The van der Waals surface area contributed by atoms with Gasteiger partial charge in [-0.2, -0.15) is 0 Å². The van der Waals surface area contributed by atoms with E-state index in [0.717, 1.165) is 41.7 Å². The number of carbonyl (C=O) groups excluding carboxylic acids is 1. The van der Waals surface area contributed by atoms with Gasteiger partial charge in [0.05, 0.1) is 22.6 Å². The van der Waals surface area contributed by atoms with Gasteiger partial charge in [-0.05, 0) is 38.3 Å². The topological polar surface area (TPSA) is 63.5 Å². The van der Waals surface area contributed by atoms with Crippen molar-refractivity contribution in [2.75, 3.05) is 6.54 Å². The maximum absolute atomic E-state index is 14.2. The van der Waals surface area contributed by atoms with Gasteiger partial charge in [-0.25, -0.2) is 4.39 Å². The molecule has 2 aromatic rings. The number of nitro groups is 1. The Labute approximate surface area is 145 Å². The molecule has 130 valence electrons. The number of amides is 1. The highest BCUT2D eigenvalue weighted by Crippen LogP contribution is 2.34. The Hall–Kier alpha value is -2.76. The van der Waals surface area contributed by atoms with Crippen LogP contribution in [-0.4, -0.2) is 22.3 Å². The largest absolute Gasteiger partial charge is 0.332 e. The van der Waals surface area contributed by atoms with Crippen molar-refractivity contribution in [2.24, 2.45) is 0 Å². The molecule has 3 rings (SSSR count). The van der Waals surface area contributed by atoms with E-state index in [9.17, 15) is 19.3 Å². The van der Waals surface area contributed by atoms with Gasteiger partial charge in [-0.3, -0.25) is 14.9 Å². The summed E-state index contributed by atoms with van der Waals surface area (Å²) in [4.78, 5) is 24.5. The number of non-ortho nitro benzene ring substituents is 1. The van der Waals surface area contributed by atoms with E-state index in [-0.39, 0.29) is 17.3 Å². The molecule has 6 heteroatoms. The summed E-state index contributed by atoms with van der Waals surface area (Å²) >= 11 is 0. The molecule has 0 aliphatic carbocycles. The zero-order valence-corrected chi connectivity index (χ0v) is 14.2. The number of halogens is 1. The van der Waals surface area contributed by atoms with Crippen LogP contribution >= 0.6 is 0 Å². The minimum absolute atomic E-state index is 0.0966. The lowest BCUT2D eigenvalue weighted by atomic mass is 9.99. The smallest absolute Gasteiger partial charge is 0.272 e. The molecule has 0 spiro atoms. The minimum Gasteiger partial charge on any atom is -0.332 e. The number of benzene rings is 2. The lowest BCUT2D eigenvalue weighted by Crippen LogP contribution is -2.31. The van der Waals surface area contributed by atoms with E-state index in [1.165, 1.54) is 6.07 Å².